The van der Waals surface area contributed by atoms with Gasteiger partial charge in [0.15, 0.2) is 6.39 Å². The van der Waals surface area contributed by atoms with Crippen LogP contribution in [-0.4, -0.2) is 10.5 Å². The number of nitrogens with zero attached hydrogens (tertiary/aromatic N) is 1. The van der Waals surface area contributed by atoms with Gasteiger partial charge in [-0.25, -0.2) is 4.98 Å². The Morgan fingerprint density at radius 1 is 1.20 bits per heavy atom. The maximum absolute atomic E-state index is 5.76. The van der Waals surface area contributed by atoms with Gasteiger partial charge in [-0.1, -0.05) is 30.3 Å². The predicted octanol–water partition coefficient (Wildman–Crippen LogP) is 3.64. The highest BCUT2D eigenvalue weighted by Crippen LogP contribution is 2.54. The summed E-state index contributed by atoms with van der Waals surface area (Å²) in [6.45, 7) is 7.24. The summed E-state index contributed by atoms with van der Waals surface area (Å²) in [4.78, 5) is 4.42. The van der Waals surface area contributed by atoms with Crippen LogP contribution < -0.4 is 5.32 Å². The van der Waals surface area contributed by atoms with Crippen molar-refractivity contribution in [1.82, 2.24) is 10.3 Å². The molecule has 1 aromatic carbocycles. The molecule has 2 aromatic rings. The lowest BCUT2D eigenvalue weighted by Gasteiger charge is -2.21. The minimum Gasteiger partial charge on any atom is -0.447 e. The molecule has 1 fully saturated rings. The lowest BCUT2D eigenvalue weighted by molar-refractivity contribution is 0.414. The molecule has 3 nitrogen and oxygen atoms in total. The molecule has 0 amide bonds. The topological polar surface area (TPSA) is 38.1 Å². The molecule has 20 heavy (non-hydrogen) atoms. The first-order valence-electron chi connectivity index (χ1n) is 7.25. The Morgan fingerprint density at radius 2 is 1.90 bits per heavy atom. The molecule has 1 aliphatic rings. The number of hydrogen-bond acceptors (Lipinski definition) is 3. The van der Waals surface area contributed by atoms with Gasteiger partial charge in [0, 0.05) is 12.1 Å². The van der Waals surface area contributed by atoms with Crippen molar-refractivity contribution in [1.29, 1.82) is 0 Å². The van der Waals surface area contributed by atoms with E-state index in [1.54, 1.807) is 6.39 Å². The lowest BCUT2D eigenvalue weighted by Crippen LogP contribution is -2.35. The molecular weight excluding hydrogens is 248 g/mol. The summed E-state index contributed by atoms with van der Waals surface area (Å²) < 4.78 is 5.76. The fourth-order valence-corrected chi connectivity index (χ4v) is 2.66. The van der Waals surface area contributed by atoms with E-state index in [1.807, 2.05) is 0 Å². The number of benzene rings is 1. The zero-order valence-electron chi connectivity index (χ0n) is 12.4. The average molecular weight is 270 g/mol. The largest absolute Gasteiger partial charge is 0.447 e. The van der Waals surface area contributed by atoms with Crippen molar-refractivity contribution in [2.75, 3.05) is 0 Å². The fourth-order valence-electron chi connectivity index (χ4n) is 2.66. The quantitative estimate of drug-likeness (QED) is 0.921. The smallest absolute Gasteiger partial charge is 0.181 e. The van der Waals surface area contributed by atoms with E-state index in [4.69, 9.17) is 4.42 Å². The monoisotopic (exact) mass is 270 g/mol. The Bertz CT molecular complexity index is 577. The molecule has 0 aliphatic heterocycles. The predicted molar refractivity (Wildman–Crippen MR) is 79.6 cm³/mol. The lowest BCUT2D eigenvalue weighted by atomic mass is 9.92. The highest BCUT2D eigenvalue weighted by Gasteiger charge is 2.50. The van der Waals surface area contributed by atoms with Gasteiger partial charge in [-0.15, -0.1) is 0 Å². The van der Waals surface area contributed by atoms with Gasteiger partial charge < -0.3 is 9.73 Å². The van der Waals surface area contributed by atoms with Gasteiger partial charge in [-0.2, -0.15) is 0 Å². The summed E-state index contributed by atoms with van der Waals surface area (Å²) in [6.07, 6.45) is 3.88. The Balaban J connectivity index is 1.87. The molecule has 1 heterocycles. The first kappa shape index (κ1) is 13.4. The van der Waals surface area contributed by atoms with Crippen molar-refractivity contribution < 1.29 is 4.42 Å². The summed E-state index contributed by atoms with van der Waals surface area (Å²) >= 11 is 0. The first-order chi connectivity index (χ1) is 9.51. The van der Waals surface area contributed by atoms with Crippen LogP contribution in [0.15, 0.2) is 41.1 Å². The summed E-state index contributed by atoms with van der Waals surface area (Å²) in [6, 6.07) is 10.6. The zero-order chi connectivity index (χ0) is 14.2. The minimum absolute atomic E-state index is 0.0622. The number of rotatable bonds is 4. The van der Waals surface area contributed by atoms with E-state index in [9.17, 15) is 0 Å². The molecule has 1 saturated carbocycles. The van der Waals surface area contributed by atoms with E-state index in [0.717, 1.165) is 30.8 Å². The van der Waals surface area contributed by atoms with E-state index in [2.05, 4.69) is 61.4 Å². The van der Waals surface area contributed by atoms with Gasteiger partial charge in [-0.05, 0) is 39.2 Å². The van der Waals surface area contributed by atoms with Crippen molar-refractivity contribution >= 4 is 0 Å². The Hall–Kier alpha value is -1.61. The van der Waals surface area contributed by atoms with Crippen molar-refractivity contribution in [2.45, 2.75) is 51.1 Å². The third kappa shape index (κ3) is 2.50. The molecule has 0 unspecified atom stereocenters. The highest BCUT2D eigenvalue weighted by molar-refractivity contribution is 5.42. The molecule has 1 aliphatic carbocycles. The van der Waals surface area contributed by atoms with Crippen LogP contribution in [0, 0.1) is 0 Å². The molecule has 1 aromatic heterocycles. The second kappa shape index (κ2) is 4.74. The minimum atomic E-state index is 0.0622. The van der Waals surface area contributed by atoms with Gasteiger partial charge in [0.05, 0.1) is 11.1 Å². The van der Waals surface area contributed by atoms with E-state index in [0.29, 0.717) is 0 Å². The average Bonchev–Trinajstić information content (AvgIpc) is 3.09. The second-order valence-corrected chi connectivity index (χ2v) is 6.68. The van der Waals surface area contributed by atoms with Crippen LogP contribution in [0.5, 0.6) is 0 Å². The van der Waals surface area contributed by atoms with Crippen LogP contribution in [0.25, 0.3) is 0 Å². The second-order valence-electron chi connectivity index (χ2n) is 6.68. The maximum Gasteiger partial charge on any atom is 0.181 e. The Morgan fingerprint density at radius 3 is 2.50 bits per heavy atom. The van der Waals surface area contributed by atoms with Gasteiger partial charge >= 0.3 is 0 Å². The number of oxazole rings is 1. The van der Waals surface area contributed by atoms with Crippen LogP contribution in [0.4, 0.5) is 0 Å². The molecular formula is C17H22N2O. The third-order valence-corrected chi connectivity index (χ3v) is 3.94. The molecule has 0 radical (unpaired) electrons. The molecule has 0 atom stereocenters. The van der Waals surface area contributed by atoms with Gasteiger partial charge in [-0.3, -0.25) is 0 Å². The van der Waals surface area contributed by atoms with Crippen LogP contribution in [-0.2, 0) is 12.0 Å². The summed E-state index contributed by atoms with van der Waals surface area (Å²) in [5.41, 5.74) is 2.53. The summed E-state index contributed by atoms with van der Waals surface area (Å²) in [5.74, 6) is 1.04. The van der Waals surface area contributed by atoms with Crippen LogP contribution in [0.3, 0.4) is 0 Å². The van der Waals surface area contributed by atoms with Crippen LogP contribution in [0.1, 0.15) is 50.6 Å². The summed E-state index contributed by atoms with van der Waals surface area (Å²) in [7, 11) is 0. The van der Waals surface area contributed by atoms with Crippen molar-refractivity contribution in [3.05, 3.63) is 53.7 Å². The van der Waals surface area contributed by atoms with Crippen molar-refractivity contribution in [3.63, 3.8) is 0 Å². The normalized spacial score (nSPS) is 17.1. The van der Waals surface area contributed by atoms with Gasteiger partial charge in [0.25, 0.3) is 0 Å². The Labute approximate surface area is 120 Å². The van der Waals surface area contributed by atoms with Crippen molar-refractivity contribution in [2.24, 2.45) is 0 Å². The van der Waals surface area contributed by atoms with Crippen molar-refractivity contribution in [3.8, 4) is 0 Å². The molecule has 0 bridgehead atoms. The van der Waals surface area contributed by atoms with Gasteiger partial charge in [0.2, 0.25) is 0 Å². The molecule has 1 N–H and O–H groups in total. The Kier molecular flexibility index (Phi) is 3.17. The third-order valence-electron chi connectivity index (χ3n) is 3.94. The zero-order valence-corrected chi connectivity index (χ0v) is 12.4. The highest BCUT2D eigenvalue weighted by atomic mass is 16.3. The van der Waals surface area contributed by atoms with Crippen LogP contribution >= 0.6 is 0 Å². The van der Waals surface area contributed by atoms with E-state index in [-0.39, 0.29) is 11.0 Å². The van der Waals surface area contributed by atoms with Crippen LogP contribution in [0.2, 0.25) is 0 Å². The van der Waals surface area contributed by atoms with E-state index < -0.39 is 0 Å². The molecule has 0 saturated heterocycles. The molecule has 3 rings (SSSR count). The standard InChI is InChI=1S/C17H22N2O/c1-16(2,3)19-11-14-15(20-12-18-14)17(9-10-17)13-7-5-4-6-8-13/h4-8,12,19H,9-11H2,1-3H3. The maximum atomic E-state index is 5.76. The van der Waals surface area contributed by atoms with Gasteiger partial charge in [0.1, 0.15) is 5.76 Å². The number of hydrogen-bond donors (Lipinski definition) is 1. The van der Waals surface area contributed by atoms with E-state index in [1.165, 1.54) is 5.56 Å². The number of aromatic nitrogens is 1. The first-order valence-corrected chi connectivity index (χ1v) is 7.25. The van der Waals surface area contributed by atoms with E-state index >= 15 is 0 Å². The number of nitrogens with one attached hydrogen (secondary N) is 1. The molecule has 106 valence electrons. The SMILES string of the molecule is CC(C)(C)NCc1ncoc1C1(c2ccccc2)CC1. The molecule has 0 spiro atoms. The summed E-state index contributed by atoms with van der Waals surface area (Å²) in [5, 5.41) is 3.49. The molecule has 3 heteroatoms. The fraction of sp³-hybridized carbons (Fsp3) is 0.471.